The number of nitrogens with one attached hydrogen (secondary N) is 1. The predicted octanol–water partition coefficient (Wildman–Crippen LogP) is 3.70. The molecule has 1 aliphatic rings. The summed E-state index contributed by atoms with van der Waals surface area (Å²) in [5, 5.41) is 2.92. The van der Waals surface area contributed by atoms with E-state index in [1.165, 1.54) is 4.90 Å². The highest BCUT2D eigenvalue weighted by Crippen LogP contribution is 2.23. The van der Waals surface area contributed by atoms with Crippen LogP contribution in [-0.2, 0) is 16.1 Å². The molecule has 1 heterocycles. The van der Waals surface area contributed by atoms with Gasteiger partial charge in [-0.1, -0.05) is 48.9 Å². The molecule has 0 aromatic heterocycles. The summed E-state index contributed by atoms with van der Waals surface area (Å²) < 4.78 is 0. The summed E-state index contributed by atoms with van der Waals surface area (Å²) in [6, 6.07) is 14.0. The highest BCUT2D eigenvalue weighted by molar-refractivity contribution is 6.21. The van der Waals surface area contributed by atoms with E-state index >= 15 is 0 Å². The van der Waals surface area contributed by atoms with Crippen molar-refractivity contribution >= 4 is 23.6 Å². The number of nitrogens with zero attached hydrogens (tertiary/aromatic N) is 2. The number of benzene rings is 2. The molecule has 34 heavy (non-hydrogen) atoms. The van der Waals surface area contributed by atoms with Gasteiger partial charge in [0.1, 0.15) is 6.04 Å². The Hall–Kier alpha value is -3.48. The largest absolute Gasteiger partial charge is 0.352 e. The van der Waals surface area contributed by atoms with Crippen molar-refractivity contribution in [2.45, 2.75) is 65.6 Å². The molecule has 180 valence electrons. The highest BCUT2D eigenvalue weighted by atomic mass is 16.2. The van der Waals surface area contributed by atoms with Crippen molar-refractivity contribution in [1.82, 2.24) is 15.1 Å². The van der Waals surface area contributed by atoms with Gasteiger partial charge in [-0.3, -0.25) is 24.1 Å². The van der Waals surface area contributed by atoms with E-state index < -0.39 is 6.04 Å². The molecule has 0 saturated heterocycles. The van der Waals surface area contributed by atoms with Crippen molar-refractivity contribution in [1.29, 1.82) is 0 Å². The van der Waals surface area contributed by atoms with Crippen molar-refractivity contribution in [2.75, 3.05) is 6.54 Å². The van der Waals surface area contributed by atoms with Crippen LogP contribution in [-0.4, -0.2) is 52.1 Å². The van der Waals surface area contributed by atoms with Crippen molar-refractivity contribution in [3.05, 3.63) is 70.8 Å². The van der Waals surface area contributed by atoms with Gasteiger partial charge in [0.15, 0.2) is 0 Å². The molecule has 7 heteroatoms. The molecule has 0 spiro atoms. The Morgan fingerprint density at radius 1 is 0.971 bits per heavy atom. The van der Waals surface area contributed by atoms with Crippen LogP contribution in [0.2, 0.25) is 0 Å². The lowest BCUT2D eigenvalue weighted by molar-refractivity contribution is -0.141. The van der Waals surface area contributed by atoms with Crippen LogP contribution in [0, 0.1) is 6.92 Å². The van der Waals surface area contributed by atoms with Gasteiger partial charge in [-0.2, -0.15) is 0 Å². The number of fused-ring (bicyclic) bond motifs is 1. The predicted molar refractivity (Wildman–Crippen MR) is 130 cm³/mol. The second-order valence-corrected chi connectivity index (χ2v) is 9.01. The molecule has 0 unspecified atom stereocenters. The molecule has 0 radical (unpaired) electrons. The molecule has 1 atom stereocenters. The summed E-state index contributed by atoms with van der Waals surface area (Å²) in [7, 11) is 0. The van der Waals surface area contributed by atoms with E-state index in [0.717, 1.165) is 11.1 Å². The summed E-state index contributed by atoms with van der Waals surface area (Å²) in [5.41, 5.74) is 2.86. The van der Waals surface area contributed by atoms with Gasteiger partial charge in [0, 0.05) is 25.6 Å². The van der Waals surface area contributed by atoms with Gasteiger partial charge in [-0.15, -0.1) is 0 Å². The Kier molecular flexibility index (Phi) is 8.21. The lowest BCUT2D eigenvalue weighted by atomic mass is 10.1. The second kappa shape index (κ2) is 11.1. The molecule has 3 rings (SSSR count). The van der Waals surface area contributed by atoms with Gasteiger partial charge < -0.3 is 10.2 Å². The van der Waals surface area contributed by atoms with Crippen LogP contribution < -0.4 is 5.32 Å². The summed E-state index contributed by atoms with van der Waals surface area (Å²) in [6.45, 7) is 8.13. The first-order chi connectivity index (χ1) is 16.2. The zero-order valence-corrected chi connectivity index (χ0v) is 20.3. The molecule has 0 aliphatic carbocycles. The maximum Gasteiger partial charge on any atom is 0.261 e. The normalized spacial score (nSPS) is 13.7. The molecule has 7 nitrogen and oxygen atoms in total. The Morgan fingerprint density at radius 2 is 1.56 bits per heavy atom. The van der Waals surface area contributed by atoms with Crippen molar-refractivity contribution in [3.8, 4) is 0 Å². The molecule has 1 N–H and O–H groups in total. The van der Waals surface area contributed by atoms with Crippen LogP contribution in [0.5, 0.6) is 0 Å². The van der Waals surface area contributed by atoms with E-state index in [-0.39, 0.29) is 42.6 Å². The first-order valence-electron chi connectivity index (χ1n) is 11.8. The smallest absolute Gasteiger partial charge is 0.261 e. The lowest BCUT2D eigenvalue weighted by Crippen LogP contribution is -2.50. The molecule has 2 aromatic rings. The quantitative estimate of drug-likeness (QED) is 0.545. The topological polar surface area (TPSA) is 86.8 Å². The van der Waals surface area contributed by atoms with Crippen LogP contribution >= 0.6 is 0 Å². The monoisotopic (exact) mass is 463 g/mol. The average Bonchev–Trinajstić information content (AvgIpc) is 3.04. The minimum Gasteiger partial charge on any atom is -0.352 e. The molecule has 0 fully saturated rings. The number of imide groups is 1. The van der Waals surface area contributed by atoms with Crippen LogP contribution in [0.15, 0.2) is 48.5 Å². The third-order valence-corrected chi connectivity index (χ3v) is 5.94. The number of rotatable bonds is 10. The standard InChI is InChI=1S/C27H33N3O4/c1-5-23(25(32)28-18(2)3)30(17-20-14-12-19(4)13-15-20)24(31)11-8-16-29-26(33)21-9-6-7-10-22(21)27(29)34/h6-7,9-10,12-15,18,23H,5,8,11,16-17H2,1-4H3,(H,28,32)/t23-/m1/s1. The number of carbonyl (C=O) groups is 4. The molecule has 2 aromatic carbocycles. The zero-order chi connectivity index (χ0) is 24.8. The van der Waals surface area contributed by atoms with Crippen LogP contribution in [0.25, 0.3) is 0 Å². The lowest BCUT2D eigenvalue weighted by Gasteiger charge is -2.31. The Labute approximate surface area is 201 Å². The van der Waals surface area contributed by atoms with Gasteiger partial charge in [-0.05, 0) is 51.3 Å². The summed E-state index contributed by atoms with van der Waals surface area (Å²) >= 11 is 0. The van der Waals surface area contributed by atoms with Gasteiger partial charge >= 0.3 is 0 Å². The van der Waals surface area contributed by atoms with Gasteiger partial charge in [-0.25, -0.2) is 0 Å². The van der Waals surface area contributed by atoms with Crippen molar-refractivity contribution in [2.24, 2.45) is 0 Å². The van der Waals surface area contributed by atoms with E-state index in [2.05, 4.69) is 5.32 Å². The summed E-state index contributed by atoms with van der Waals surface area (Å²) in [5.74, 6) is -1.01. The van der Waals surface area contributed by atoms with Gasteiger partial charge in [0.2, 0.25) is 11.8 Å². The van der Waals surface area contributed by atoms with E-state index in [1.807, 2.05) is 52.0 Å². The van der Waals surface area contributed by atoms with Crippen molar-refractivity contribution < 1.29 is 19.2 Å². The van der Waals surface area contributed by atoms with Crippen LogP contribution in [0.3, 0.4) is 0 Å². The molecule has 0 saturated carbocycles. The number of amides is 4. The van der Waals surface area contributed by atoms with Gasteiger partial charge in [0.05, 0.1) is 11.1 Å². The van der Waals surface area contributed by atoms with E-state index in [9.17, 15) is 19.2 Å². The SMILES string of the molecule is CC[C@H](C(=O)NC(C)C)N(Cc1ccc(C)cc1)C(=O)CCCN1C(=O)c2ccccc2C1=O. The Morgan fingerprint density at radius 3 is 2.09 bits per heavy atom. The fourth-order valence-corrected chi connectivity index (χ4v) is 4.16. The fourth-order valence-electron chi connectivity index (χ4n) is 4.16. The third kappa shape index (κ3) is 5.71. The first kappa shape index (κ1) is 25.1. The third-order valence-electron chi connectivity index (χ3n) is 5.94. The Balaban J connectivity index is 1.70. The number of carbonyl (C=O) groups excluding carboxylic acids is 4. The fraction of sp³-hybridized carbons (Fsp3) is 0.407. The number of aryl methyl sites for hydroxylation is 1. The zero-order valence-electron chi connectivity index (χ0n) is 20.3. The minimum atomic E-state index is -0.601. The summed E-state index contributed by atoms with van der Waals surface area (Å²) in [6.07, 6.45) is 0.941. The molecular weight excluding hydrogens is 430 g/mol. The highest BCUT2D eigenvalue weighted by Gasteiger charge is 2.35. The van der Waals surface area contributed by atoms with Crippen LogP contribution in [0.4, 0.5) is 0 Å². The van der Waals surface area contributed by atoms with E-state index in [1.54, 1.807) is 29.2 Å². The molecule has 4 amide bonds. The summed E-state index contributed by atoms with van der Waals surface area (Å²) in [4.78, 5) is 54.2. The number of hydrogen-bond donors (Lipinski definition) is 1. The van der Waals surface area contributed by atoms with E-state index in [0.29, 0.717) is 30.5 Å². The Bertz CT molecular complexity index is 1030. The molecular formula is C27H33N3O4. The van der Waals surface area contributed by atoms with Crippen LogP contribution in [0.1, 0.15) is 71.9 Å². The van der Waals surface area contributed by atoms with Crippen molar-refractivity contribution in [3.63, 3.8) is 0 Å². The second-order valence-electron chi connectivity index (χ2n) is 9.01. The molecule has 1 aliphatic heterocycles. The average molecular weight is 464 g/mol. The van der Waals surface area contributed by atoms with Gasteiger partial charge in [0.25, 0.3) is 11.8 Å². The number of hydrogen-bond acceptors (Lipinski definition) is 4. The maximum absolute atomic E-state index is 13.3. The molecule has 0 bridgehead atoms. The first-order valence-corrected chi connectivity index (χ1v) is 11.8. The minimum absolute atomic E-state index is 0.0355. The maximum atomic E-state index is 13.3. The van der Waals surface area contributed by atoms with E-state index in [4.69, 9.17) is 0 Å².